The number of H-pyrrole nitrogens is 1. The van der Waals surface area contributed by atoms with Gasteiger partial charge in [0.2, 0.25) is 5.78 Å². The number of carbonyl (C=O) groups is 2. The van der Waals surface area contributed by atoms with E-state index in [4.69, 9.17) is 16.3 Å². The number of ketones is 1. The third kappa shape index (κ3) is 4.28. The van der Waals surface area contributed by atoms with Crippen molar-refractivity contribution in [2.75, 3.05) is 0 Å². The minimum absolute atomic E-state index is 0.0139. The maximum Gasteiger partial charge on any atom is 0.573 e. The monoisotopic (exact) mass is 411 g/mol. The average molecular weight is 412 g/mol. The number of halogens is 4. The maximum atomic E-state index is 12.9. The van der Waals surface area contributed by atoms with E-state index in [-0.39, 0.29) is 28.8 Å². The van der Waals surface area contributed by atoms with Gasteiger partial charge < -0.3 is 14.5 Å². The predicted octanol–water partition coefficient (Wildman–Crippen LogP) is 5.27. The largest absolute Gasteiger partial charge is 0.573 e. The molecule has 1 heterocycles. The Hall–Kier alpha value is -3.00. The number of nitrogens with one attached hydrogen (secondary N) is 1. The van der Waals surface area contributed by atoms with Gasteiger partial charge in [-0.1, -0.05) is 18.5 Å². The normalized spacial score (nSPS) is 11.5. The van der Waals surface area contributed by atoms with Crippen molar-refractivity contribution in [1.29, 1.82) is 0 Å². The van der Waals surface area contributed by atoms with Crippen LogP contribution in [0.15, 0.2) is 42.5 Å². The van der Waals surface area contributed by atoms with Gasteiger partial charge in [0.05, 0.1) is 5.52 Å². The van der Waals surface area contributed by atoms with Gasteiger partial charge in [-0.25, -0.2) is 0 Å². The summed E-state index contributed by atoms with van der Waals surface area (Å²) in [5.74, 6) is -1.81. The van der Waals surface area contributed by atoms with E-state index in [1.165, 1.54) is 30.3 Å². The summed E-state index contributed by atoms with van der Waals surface area (Å²) >= 11 is 5.82. The number of hydrogen-bond acceptors (Lipinski definition) is 4. The van der Waals surface area contributed by atoms with E-state index in [1.807, 2.05) is 0 Å². The summed E-state index contributed by atoms with van der Waals surface area (Å²) < 4.78 is 46.7. The van der Waals surface area contributed by atoms with E-state index >= 15 is 0 Å². The Morgan fingerprint density at radius 3 is 2.39 bits per heavy atom. The second-order valence-electron chi connectivity index (χ2n) is 5.75. The zero-order valence-corrected chi connectivity index (χ0v) is 15.1. The van der Waals surface area contributed by atoms with Crippen molar-refractivity contribution in [2.45, 2.75) is 19.7 Å². The Bertz CT molecular complexity index is 1040. The molecule has 146 valence electrons. The minimum Gasteiger partial charge on any atom is -0.423 e. The Balaban J connectivity index is 2.12. The molecule has 0 aliphatic carbocycles. The summed E-state index contributed by atoms with van der Waals surface area (Å²) in [6.45, 7) is 1.55. The molecule has 0 amide bonds. The number of fused-ring (bicyclic) bond motifs is 1. The Morgan fingerprint density at radius 2 is 1.79 bits per heavy atom. The maximum absolute atomic E-state index is 12.9. The van der Waals surface area contributed by atoms with Crippen molar-refractivity contribution in [3.63, 3.8) is 0 Å². The highest BCUT2D eigenvalue weighted by Crippen LogP contribution is 2.36. The lowest BCUT2D eigenvalue weighted by atomic mass is 10.1. The molecule has 3 rings (SSSR count). The lowest BCUT2D eigenvalue weighted by Crippen LogP contribution is -2.17. The molecule has 5 nitrogen and oxygen atoms in total. The zero-order valence-electron chi connectivity index (χ0n) is 14.4. The summed E-state index contributed by atoms with van der Waals surface area (Å²) in [5.41, 5.74) is 0.505. The highest BCUT2D eigenvalue weighted by molar-refractivity contribution is 6.30. The molecule has 1 N–H and O–H groups in total. The number of aromatic nitrogens is 1. The van der Waals surface area contributed by atoms with Crippen LogP contribution in [-0.2, 0) is 4.79 Å². The van der Waals surface area contributed by atoms with Crippen molar-refractivity contribution in [2.24, 2.45) is 0 Å². The standard InChI is InChI=1S/C19H13ClF3NO4/c1-2-15(25)27-18-13-9-12(28-19(21,22)23)7-8-14(13)24-16(18)17(26)10-3-5-11(20)6-4-10/h3-9,24H,2H2,1H3. The van der Waals surface area contributed by atoms with Crippen LogP contribution in [0.2, 0.25) is 5.02 Å². The van der Waals surface area contributed by atoms with Gasteiger partial charge in [-0.15, -0.1) is 13.2 Å². The Morgan fingerprint density at radius 1 is 1.11 bits per heavy atom. The van der Waals surface area contributed by atoms with Crippen molar-refractivity contribution in [3.8, 4) is 11.5 Å². The van der Waals surface area contributed by atoms with Gasteiger partial charge in [-0.2, -0.15) is 0 Å². The van der Waals surface area contributed by atoms with Crippen molar-refractivity contribution >= 4 is 34.3 Å². The molecule has 1 aromatic heterocycles. The Kier molecular flexibility index (Phi) is 5.33. The van der Waals surface area contributed by atoms with Crippen LogP contribution in [0.4, 0.5) is 13.2 Å². The summed E-state index contributed by atoms with van der Waals surface area (Å²) in [7, 11) is 0. The van der Waals surface area contributed by atoms with E-state index in [0.717, 1.165) is 12.1 Å². The number of benzene rings is 2. The molecule has 0 atom stereocenters. The number of carbonyl (C=O) groups excluding carboxylic acids is 2. The van der Waals surface area contributed by atoms with Gasteiger partial charge in [0.25, 0.3) is 0 Å². The van der Waals surface area contributed by atoms with Gasteiger partial charge in [-0.3, -0.25) is 9.59 Å². The summed E-state index contributed by atoms with van der Waals surface area (Å²) in [5, 5.41) is 0.542. The van der Waals surface area contributed by atoms with Crippen molar-refractivity contribution in [1.82, 2.24) is 4.98 Å². The molecular weight excluding hydrogens is 399 g/mol. The van der Waals surface area contributed by atoms with E-state index in [9.17, 15) is 22.8 Å². The highest BCUT2D eigenvalue weighted by Gasteiger charge is 2.31. The molecule has 0 aliphatic rings. The van der Waals surface area contributed by atoms with Gasteiger partial charge >= 0.3 is 12.3 Å². The fourth-order valence-corrected chi connectivity index (χ4v) is 2.67. The predicted molar refractivity (Wildman–Crippen MR) is 95.8 cm³/mol. The molecule has 3 aromatic rings. The number of hydrogen-bond donors (Lipinski definition) is 1. The lowest BCUT2D eigenvalue weighted by Gasteiger charge is -2.09. The van der Waals surface area contributed by atoms with E-state index in [0.29, 0.717) is 10.5 Å². The van der Waals surface area contributed by atoms with Gasteiger partial charge in [0.1, 0.15) is 11.4 Å². The summed E-state index contributed by atoms with van der Waals surface area (Å²) in [6, 6.07) is 9.46. The van der Waals surface area contributed by atoms with Crippen LogP contribution in [0.5, 0.6) is 11.5 Å². The fraction of sp³-hybridized carbons (Fsp3) is 0.158. The molecule has 0 spiro atoms. The van der Waals surface area contributed by atoms with Crippen LogP contribution in [0.3, 0.4) is 0 Å². The first kappa shape index (κ1) is 19.8. The molecule has 0 bridgehead atoms. The molecule has 0 saturated heterocycles. The van der Waals surface area contributed by atoms with Crippen LogP contribution in [-0.4, -0.2) is 23.1 Å². The van der Waals surface area contributed by atoms with Gasteiger partial charge in [0, 0.05) is 22.4 Å². The fourth-order valence-electron chi connectivity index (χ4n) is 2.54. The molecule has 28 heavy (non-hydrogen) atoms. The van der Waals surface area contributed by atoms with Crippen LogP contribution < -0.4 is 9.47 Å². The first-order valence-electron chi connectivity index (χ1n) is 8.10. The average Bonchev–Trinajstić information content (AvgIpc) is 2.98. The number of alkyl halides is 3. The van der Waals surface area contributed by atoms with Crippen LogP contribution in [0.1, 0.15) is 29.4 Å². The van der Waals surface area contributed by atoms with Crippen molar-refractivity contribution in [3.05, 3.63) is 58.7 Å². The van der Waals surface area contributed by atoms with Gasteiger partial charge in [0.15, 0.2) is 5.75 Å². The Labute approximate surface area is 162 Å². The molecule has 0 radical (unpaired) electrons. The third-order valence-corrected chi connectivity index (χ3v) is 4.05. The van der Waals surface area contributed by atoms with E-state index in [2.05, 4.69) is 9.72 Å². The molecule has 2 aromatic carbocycles. The number of ether oxygens (including phenoxy) is 2. The first-order valence-corrected chi connectivity index (χ1v) is 8.48. The number of aromatic amines is 1. The summed E-state index contributed by atoms with van der Waals surface area (Å²) in [6.07, 6.45) is -4.87. The van der Waals surface area contributed by atoms with E-state index < -0.39 is 23.9 Å². The highest BCUT2D eigenvalue weighted by atomic mass is 35.5. The van der Waals surface area contributed by atoms with E-state index in [1.54, 1.807) is 6.92 Å². The molecule has 9 heteroatoms. The SMILES string of the molecule is CCC(=O)Oc1c(C(=O)c2ccc(Cl)cc2)[nH]c2ccc(OC(F)(F)F)cc12. The summed E-state index contributed by atoms with van der Waals surface area (Å²) in [4.78, 5) is 27.5. The second kappa shape index (κ2) is 7.55. The molecule has 0 unspecified atom stereocenters. The number of rotatable bonds is 5. The van der Waals surface area contributed by atoms with Crippen LogP contribution in [0.25, 0.3) is 10.9 Å². The topological polar surface area (TPSA) is 68.4 Å². The first-order chi connectivity index (χ1) is 13.2. The molecule has 0 saturated carbocycles. The zero-order chi connectivity index (χ0) is 20.5. The van der Waals surface area contributed by atoms with Crippen LogP contribution in [0, 0.1) is 0 Å². The van der Waals surface area contributed by atoms with Gasteiger partial charge in [-0.05, 0) is 42.5 Å². The smallest absolute Gasteiger partial charge is 0.423 e. The van der Waals surface area contributed by atoms with Crippen molar-refractivity contribution < 1.29 is 32.2 Å². The van der Waals surface area contributed by atoms with Crippen LogP contribution >= 0.6 is 11.6 Å². The minimum atomic E-state index is -4.88. The lowest BCUT2D eigenvalue weighted by molar-refractivity contribution is -0.274. The molecule has 0 aliphatic heterocycles. The second-order valence-corrected chi connectivity index (χ2v) is 6.18. The molecular formula is C19H13ClF3NO4. The molecule has 0 fully saturated rings. The quantitative estimate of drug-likeness (QED) is 0.459. The third-order valence-electron chi connectivity index (χ3n) is 3.79. The number of esters is 1.